The predicted molar refractivity (Wildman–Crippen MR) is 163 cm³/mol. The second kappa shape index (κ2) is 9.77. The van der Waals surface area contributed by atoms with Gasteiger partial charge in [0.15, 0.2) is 0 Å². The number of fused-ring (bicyclic) bond motifs is 7. The van der Waals surface area contributed by atoms with E-state index in [4.69, 9.17) is 4.74 Å². The summed E-state index contributed by atoms with van der Waals surface area (Å²) in [6, 6.07) is 0. The second-order valence-corrected chi connectivity index (χ2v) is 17.9. The van der Waals surface area contributed by atoms with E-state index in [1.807, 2.05) is 0 Å². The number of hydrogen-bond donors (Lipinski definition) is 4. The molecule has 6 rings (SSSR count). The topological polar surface area (TPSA) is 107 Å². The highest BCUT2D eigenvalue weighted by atomic mass is 16.5. The van der Waals surface area contributed by atoms with E-state index in [0.717, 1.165) is 51.4 Å². The lowest BCUT2D eigenvalue weighted by atomic mass is 9.33. The van der Waals surface area contributed by atoms with E-state index in [9.17, 15) is 25.2 Å². The van der Waals surface area contributed by atoms with Gasteiger partial charge < -0.3 is 25.2 Å². The van der Waals surface area contributed by atoms with Crippen LogP contribution in [0.3, 0.4) is 0 Å². The van der Waals surface area contributed by atoms with E-state index in [1.165, 1.54) is 18.4 Å². The van der Waals surface area contributed by atoms with Crippen LogP contribution in [0.5, 0.6) is 0 Å². The molecule has 0 aromatic carbocycles. The van der Waals surface area contributed by atoms with Gasteiger partial charge in [-0.15, -0.1) is 0 Å². The van der Waals surface area contributed by atoms with Crippen LogP contribution in [0.25, 0.3) is 0 Å². The van der Waals surface area contributed by atoms with Gasteiger partial charge in [0.2, 0.25) is 0 Å². The molecule has 12 atom stereocenters. The Kier molecular flexibility index (Phi) is 7.23. The maximum Gasteiger partial charge on any atom is 0.310 e. The zero-order valence-electron chi connectivity index (χ0n) is 27.3. The van der Waals surface area contributed by atoms with Crippen molar-refractivity contribution in [2.75, 3.05) is 6.61 Å². The molecule has 0 spiro atoms. The smallest absolute Gasteiger partial charge is 0.310 e. The number of allylic oxidation sites excluding steroid dienone is 2. The largest absolute Gasteiger partial charge is 0.481 e. The molecule has 5 aliphatic carbocycles. The first-order valence-electron chi connectivity index (χ1n) is 17.0. The van der Waals surface area contributed by atoms with Crippen molar-refractivity contribution in [2.24, 2.45) is 56.2 Å². The van der Waals surface area contributed by atoms with Crippen LogP contribution in [-0.2, 0) is 9.53 Å². The summed E-state index contributed by atoms with van der Waals surface area (Å²) in [7, 11) is 0. The lowest BCUT2D eigenvalue weighted by Gasteiger charge is -2.71. The number of rotatable bonds is 3. The molecule has 0 amide bonds. The summed E-state index contributed by atoms with van der Waals surface area (Å²) in [5.74, 6) is 1.06. The molecule has 4 unspecified atom stereocenters. The molecule has 4 N–H and O–H groups in total. The van der Waals surface area contributed by atoms with Gasteiger partial charge in [0.25, 0.3) is 0 Å². The summed E-state index contributed by atoms with van der Waals surface area (Å²) in [6.07, 6.45) is 9.78. The van der Waals surface area contributed by atoms with Crippen molar-refractivity contribution in [3.63, 3.8) is 0 Å². The Morgan fingerprint density at radius 1 is 0.881 bits per heavy atom. The Labute approximate surface area is 253 Å². The number of aliphatic hydroxyl groups is 3. The molecule has 6 aliphatic rings. The fourth-order valence-corrected chi connectivity index (χ4v) is 12.5. The molecule has 0 aromatic rings. The molecule has 4 saturated carbocycles. The van der Waals surface area contributed by atoms with Crippen LogP contribution in [0.2, 0.25) is 0 Å². The van der Waals surface area contributed by atoms with Gasteiger partial charge >= 0.3 is 5.97 Å². The highest BCUT2D eigenvalue weighted by molar-refractivity contribution is 5.76. The second-order valence-electron chi connectivity index (χ2n) is 17.9. The minimum absolute atomic E-state index is 0.0267. The molecule has 0 radical (unpaired) electrons. The average molecular weight is 587 g/mol. The maximum atomic E-state index is 12.9. The first kappa shape index (κ1) is 31.0. The van der Waals surface area contributed by atoms with Gasteiger partial charge in [-0.1, -0.05) is 60.1 Å². The van der Waals surface area contributed by atoms with Crippen molar-refractivity contribution in [3.05, 3.63) is 11.6 Å². The SMILES string of the molecule is CC1(C)CC[C@]2(C(=O)O)CC[C@]3(C)C(=CCC4[C@@]5(C)CC[C@@H](C[C@@H]6OC[C@@H](O)C(O)[C@@H]6O)C(C)(C)C5CC[C@]43C)C2C1. The zero-order chi connectivity index (χ0) is 30.7. The standard InChI is InChI=1S/C36H58O6/c1-31(2)14-16-36(30(40)41)17-15-34(6)22(23(36)19-31)8-9-27-33(5)12-10-21(18-25-29(39)28(38)24(37)20-42-25)32(3,4)26(33)11-13-35(27,34)7/h8,21,23-29,37-39H,9-20H2,1-7H3,(H,40,41)/t21-,23?,24+,25-,26?,27?,28?,29+,33-,34+,35+,36-/m0/s1. The number of aliphatic hydroxyl groups excluding tert-OH is 3. The predicted octanol–water partition coefficient (Wildman–Crippen LogP) is 6.36. The van der Waals surface area contributed by atoms with Gasteiger partial charge in [-0.2, -0.15) is 0 Å². The van der Waals surface area contributed by atoms with Gasteiger partial charge in [-0.25, -0.2) is 0 Å². The molecule has 5 fully saturated rings. The summed E-state index contributed by atoms with van der Waals surface area (Å²) in [5, 5.41) is 41.6. The normalized spacial score (nSPS) is 53.0. The third-order valence-electron chi connectivity index (χ3n) is 15.4. The van der Waals surface area contributed by atoms with Crippen molar-refractivity contribution in [1.82, 2.24) is 0 Å². The third kappa shape index (κ3) is 4.13. The zero-order valence-corrected chi connectivity index (χ0v) is 27.3. The van der Waals surface area contributed by atoms with Gasteiger partial charge in [-0.05, 0) is 121 Å². The Balaban J connectivity index is 1.30. The van der Waals surface area contributed by atoms with Crippen molar-refractivity contribution in [3.8, 4) is 0 Å². The fourth-order valence-electron chi connectivity index (χ4n) is 12.5. The third-order valence-corrected chi connectivity index (χ3v) is 15.4. The fraction of sp³-hybridized carbons (Fsp3) is 0.917. The summed E-state index contributed by atoms with van der Waals surface area (Å²) in [5.41, 5.74) is 1.48. The van der Waals surface area contributed by atoms with E-state index in [-0.39, 0.29) is 39.6 Å². The number of carboxylic acids is 1. The van der Waals surface area contributed by atoms with Crippen LogP contribution in [-0.4, -0.2) is 57.4 Å². The number of carboxylic acid groups (broad SMARTS) is 1. The van der Waals surface area contributed by atoms with Gasteiger partial charge in [0, 0.05) is 0 Å². The summed E-state index contributed by atoms with van der Waals surface area (Å²) in [4.78, 5) is 12.9. The molecule has 0 bridgehead atoms. The van der Waals surface area contributed by atoms with Crippen molar-refractivity contribution in [2.45, 2.75) is 144 Å². The number of carbonyl (C=O) groups is 1. The number of aliphatic carboxylic acids is 1. The van der Waals surface area contributed by atoms with Crippen LogP contribution in [0.15, 0.2) is 11.6 Å². The molecule has 6 nitrogen and oxygen atoms in total. The Morgan fingerprint density at radius 3 is 2.26 bits per heavy atom. The Hall–Kier alpha value is -0.950. The Morgan fingerprint density at radius 2 is 1.57 bits per heavy atom. The number of hydrogen-bond acceptors (Lipinski definition) is 5. The van der Waals surface area contributed by atoms with E-state index >= 15 is 0 Å². The Bertz CT molecular complexity index is 1130. The van der Waals surface area contributed by atoms with E-state index in [2.05, 4.69) is 54.5 Å². The monoisotopic (exact) mass is 586 g/mol. The van der Waals surface area contributed by atoms with Gasteiger partial charge in [-0.3, -0.25) is 4.79 Å². The first-order valence-corrected chi connectivity index (χ1v) is 17.0. The lowest BCUT2D eigenvalue weighted by molar-refractivity contribution is -0.213. The number of ether oxygens (including phenoxy) is 1. The van der Waals surface area contributed by atoms with Crippen molar-refractivity contribution >= 4 is 5.97 Å². The highest BCUT2D eigenvalue weighted by Crippen LogP contribution is 2.76. The molecule has 238 valence electrons. The van der Waals surface area contributed by atoms with Crippen LogP contribution >= 0.6 is 0 Å². The average Bonchev–Trinajstić information content (AvgIpc) is 2.90. The summed E-state index contributed by atoms with van der Waals surface area (Å²) < 4.78 is 5.88. The van der Waals surface area contributed by atoms with Crippen LogP contribution in [0, 0.1) is 56.2 Å². The van der Waals surface area contributed by atoms with E-state index in [1.54, 1.807) is 0 Å². The molecular formula is C36H58O6. The molecule has 6 heteroatoms. The summed E-state index contributed by atoms with van der Waals surface area (Å²) >= 11 is 0. The van der Waals surface area contributed by atoms with E-state index in [0.29, 0.717) is 24.2 Å². The highest BCUT2D eigenvalue weighted by Gasteiger charge is 2.69. The van der Waals surface area contributed by atoms with Crippen molar-refractivity contribution < 1.29 is 30.0 Å². The quantitative estimate of drug-likeness (QED) is 0.287. The van der Waals surface area contributed by atoms with Crippen LogP contribution in [0.1, 0.15) is 119 Å². The van der Waals surface area contributed by atoms with Gasteiger partial charge in [0.1, 0.15) is 18.3 Å². The summed E-state index contributed by atoms with van der Waals surface area (Å²) in [6.45, 7) is 17.3. The molecule has 1 heterocycles. The van der Waals surface area contributed by atoms with Gasteiger partial charge in [0.05, 0.1) is 18.1 Å². The van der Waals surface area contributed by atoms with Crippen LogP contribution < -0.4 is 0 Å². The first-order chi connectivity index (χ1) is 19.4. The van der Waals surface area contributed by atoms with Crippen LogP contribution in [0.4, 0.5) is 0 Å². The molecular weight excluding hydrogens is 528 g/mol. The van der Waals surface area contributed by atoms with Crippen molar-refractivity contribution in [1.29, 1.82) is 0 Å². The van der Waals surface area contributed by atoms with E-state index < -0.39 is 35.8 Å². The molecule has 1 saturated heterocycles. The molecule has 0 aromatic heterocycles. The minimum atomic E-state index is -1.15. The molecule has 42 heavy (non-hydrogen) atoms. The lowest BCUT2D eigenvalue weighted by Crippen LogP contribution is -2.64. The maximum absolute atomic E-state index is 12.9. The minimum Gasteiger partial charge on any atom is -0.481 e. The molecule has 1 aliphatic heterocycles.